The fraction of sp³-hybridized carbons (Fsp3) is 0.500. The average Bonchev–Trinajstić information content (AvgIpc) is 2.23. The normalized spacial score (nSPS) is 19.9. The highest BCUT2D eigenvalue weighted by Crippen LogP contribution is 2.44. The molecule has 1 N–H and O–H groups in total. The standard InChI is InChI=1S/C12H15Cl2NS/c1-7(2)15-10-5-6-16-12-9(14)4-3-8(13)11(10)12/h3-4,7,10,15H,5-6H2,1-2H3. The molecule has 16 heavy (non-hydrogen) atoms. The Balaban J connectivity index is 2.40. The van der Waals surface area contributed by atoms with E-state index in [0.29, 0.717) is 12.1 Å². The second-order valence-corrected chi connectivity index (χ2v) is 6.20. The van der Waals surface area contributed by atoms with E-state index in [-0.39, 0.29) is 0 Å². The largest absolute Gasteiger partial charge is 0.308 e. The molecule has 1 nitrogen and oxygen atoms in total. The van der Waals surface area contributed by atoms with Crippen LogP contribution in [0.25, 0.3) is 0 Å². The lowest BCUT2D eigenvalue weighted by atomic mass is 10.0. The van der Waals surface area contributed by atoms with Gasteiger partial charge in [0.15, 0.2) is 0 Å². The first kappa shape index (κ1) is 12.6. The maximum atomic E-state index is 6.28. The zero-order chi connectivity index (χ0) is 11.7. The molecular formula is C12H15Cl2NS. The predicted molar refractivity (Wildman–Crippen MR) is 72.8 cm³/mol. The van der Waals surface area contributed by atoms with Gasteiger partial charge < -0.3 is 5.32 Å². The van der Waals surface area contributed by atoms with Crippen molar-refractivity contribution in [3.05, 3.63) is 27.7 Å². The van der Waals surface area contributed by atoms with Crippen LogP contribution in [0.15, 0.2) is 17.0 Å². The summed E-state index contributed by atoms with van der Waals surface area (Å²) in [6.07, 6.45) is 1.11. The summed E-state index contributed by atoms with van der Waals surface area (Å²) in [5.41, 5.74) is 1.18. The number of rotatable bonds is 2. The molecule has 1 heterocycles. The summed E-state index contributed by atoms with van der Waals surface area (Å²) in [7, 11) is 0. The molecule has 1 aliphatic rings. The zero-order valence-electron chi connectivity index (χ0n) is 9.39. The van der Waals surface area contributed by atoms with Gasteiger partial charge in [0.25, 0.3) is 0 Å². The summed E-state index contributed by atoms with van der Waals surface area (Å²) < 4.78 is 0. The van der Waals surface area contributed by atoms with E-state index in [4.69, 9.17) is 23.2 Å². The lowest BCUT2D eigenvalue weighted by Gasteiger charge is -2.29. The number of nitrogens with one attached hydrogen (secondary N) is 1. The predicted octanol–water partition coefficient (Wildman–Crippen LogP) is 4.53. The summed E-state index contributed by atoms with van der Waals surface area (Å²) in [5, 5.41) is 5.19. The second-order valence-electron chi connectivity index (χ2n) is 4.28. The second kappa shape index (κ2) is 5.18. The Labute approximate surface area is 111 Å². The van der Waals surface area contributed by atoms with Crippen LogP contribution in [-0.2, 0) is 0 Å². The molecule has 4 heteroatoms. The van der Waals surface area contributed by atoms with Gasteiger partial charge in [-0.25, -0.2) is 0 Å². The third-order valence-corrected chi connectivity index (χ3v) is 4.56. The van der Waals surface area contributed by atoms with Crippen molar-refractivity contribution in [2.75, 3.05) is 5.75 Å². The van der Waals surface area contributed by atoms with Gasteiger partial charge in [-0.2, -0.15) is 0 Å². The minimum Gasteiger partial charge on any atom is -0.308 e. The molecular weight excluding hydrogens is 261 g/mol. The monoisotopic (exact) mass is 275 g/mol. The number of halogens is 2. The Morgan fingerprint density at radius 3 is 2.69 bits per heavy atom. The molecule has 0 radical (unpaired) electrons. The molecule has 0 aliphatic carbocycles. The van der Waals surface area contributed by atoms with Gasteiger partial charge in [-0.15, -0.1) is 11.8 Å². The molecule has 0 saturated carbocycles. The van der Waals surface area contributed by atoms with Crippen molar-refractivity contribution in [2.24, 2.45) is 0 Å². The lowest BCUT2D eigenvalue weighted by Crippen LogP contribution is -2.30. The van der Waals surface area contributed by atoms with Gasteiger partial charge in [-0.05, 0) is 24.3 Å². The maximum absolute atomic E-state index is 6.28. The molecule has 1 aromatic carbocycles. The summed E-state index contributed by atoms with van der Waals surface area (Å²) in [5.74, 6) is 1.09. The van der Waals surface area contributed by atoms with E-state index in [1.54, 1.807) is 11.8 Å². The Morgan fingerprint density at radius 1 is 1.31 bits per heavy atom. The van der Waals surface area contributed by atoms with Gasteiger partial charge in [0.1, 0.15) is 0 Å². The van der Waals surface area contributed by atoms with Crippen molar-refractivity contribution in [1.29, 1.82) is 0 Å². The van der Waals surface area contributed by atoms with Gasteiger partial charge in [-0.1, -0.05) is 37.0 Å². The van der Waals surface area contributed by atoms with E-state index in [9.17, 15) is 0 Å². The van der Waals surface area contributed by atoms with E-state index in [0.717, 1.165) is 27.1 Å². The van der Waals surface area contributed by atoms with Crippen LogP contribution in [0.4, 0.5) is 0 Å². The van der Waals surface area contributed by atoms with Crippen molar-refractivity contribution in [3.8, 4) is 0 Å². The first-order valence-electron chi connectivity index (χ1n) is 5.46. The van der Waals surface area contributed by atoms with Crippen molar-refractivity contribution in [2.45, 2.75) is 37.2 Å². The third kappa shape index (κ3) is 2.51. The van der Waals surface area contributed by atoms with Crippen LogP contribution in [-0.4, -0.2) is 11.8 Å². The first-order chi connectivity index (χ1) is 7.59. The highest BCUT2D eigenvalue weighted by molar-refractivity contribution is 7.99. The smallest absolute Gasteiger partial charge is 0.0546 e. The molecule has 1 atom stereocenters. The molecule has 1 aromatic rings. The Morgan fingerprint density at radius 2 is 2.00 bits per heavy atom. The van der Waals surface area contributed by atoms with Gasteiger partial charge in [0, 0.05) is 27.6 Å². The van der Waals surface area contributed by atoms with Crippen LogP contribution in [0, 0.1) is 0 Å². The van der Waals surface area contributed by atoms with Gasteiger partial charge in [0.2, 0.25) is 0 Å². The zero-order valence-corrected chi connectivity index (χ0v) is 11.7. The van der Waals surface area contributed by atoms with E-state index in [1.165, 1.54) is 5.56 Å². The van der Waals surface area contributed by atoms with Crippen molar-refractivity contribution in [3.63, 3.8) is 0 Å². The van der Waals surface area contributed by atoms with Crippen LogP contribution >= 0.6 is 35.0 Å². The van der Waals surface area contributed by atoms with Crippen LogP contribution in [0.2, 0.25) is 10.0 Å². The number of benzene rings is 1. The van der Waals surface area contributed by atoms with E-state index < -0.39 is 0 Å². The molecule has 0 fully saturated rings. The number of hydrogen-bond acceptors (Lipinski definition) is 2. The van der Waals surface area contributed by atoms with Crippen LogP contribution in [0.5, 0.6) is 0 Å². The minimum absolute atomic E-state index is 0.336. The number of fused-ring (bicyclic) bond motifs is 1. The van der Waals surface area contributed by atoms with Crippen molar-refractivity contribution < 1.29 is 0 Å². The molecule has 0 aromatic heterocycles. The quantitative estimate of drug-likeness (QED) is 0.851. The molecule has 1 aliphatic heterocycles. The number of thioether (sulfide) groups is 1. The molecule has 1 unspecified atom stereocenters. The summed E-state index contributed by atoms with van der Waals surface area (Å²) in [6, 6.07) is 4.57. The Kier molecular flexibility index (Phi) is 4.06. The summed E-state index contributed by atoms with van der Waals surface area (Å²) >= 11 is 14.3. The number of hydrogen-bond donors (Lipinski definition) is 1. The molecule has 88 valence electrons. The Bertz CT molecular complexity index is 393. The maximum Gasteiger partial charge on any atom is 0.0546 e. The average molecular weight is 276 g/mol. The molecule has 0 bridgehead atoms. The fourth-order valence-corrected chi connectivity index (χ4v) is 3.86. The summed E-state index contributed by atoms with van der Waals surface area (Å²) in [4.78, 5) is 1.15. The van der Waals surface area contributed by atoms with E-state index >= 15 is 0 Å². The Hall–Kier alpha value is 0.110. The van der Waals surface area contributed by atoms with Gasteiger partial charge >= 0.3 is 0 Å². The van der Waals surface area contributed by atoms with Crippen molar-refractivity contribution in [1.82, 2.24) is 5.32 Å². The van der Waals surface area contributed by atoms with Gasteiger partial charge in [-0.3, -0.25) is 0 Å². The fourth-order valence-electron chi connectivity index (χ4n) is 2.01. The van der Waals surface area contributed by atoms with Crippen LogP contribution < -0.4 is 5.32 Å². The van der Waals surface area contributed by atoms with E-state index in [1.807, 2.05) is 12.1 Å². The van der Waals surface area contributed by atoms with Crippen molar-refractivity contribution >= 4 is 35.0 Å². The van der Waals surface area contributed by atoms with Gasteiger partial charge in [0.05, 0.1) is 5.02 Å². The molecule has 0 saturated heterocycles. The molecule has 0 amide bonds. The first-order valence-corrected chi connectivity index (χ1v) is 7.20. The minimum atomic E-state index is 0.336. The topological polar surface area (TPSA) is 12.0 Å². The van der Waals surface area contributed by atoms with Crippen LogP contribution in [0.3, 0.4) is 0 Å². The molecule has 0 spiro atoms. The SMILES string of the molecule is CC(C)NC1CCSc2c(Cl)ccc(Cl)c21. The van der Waals surface area contributed by atoms with Crippen LogP contribution in [0.1, 0.15) is 31.9 Å². The highest BCUT2D eigenvalue weighted by Gasteiger charge is 2.25. The lowest BCUT2D eigenvalue weighted by molar-refractivity contribution is 0.460. The third-order valence-electron chi connectivity index (χ3n) is 2.63. The van der Waals surface area contributed by atoms with E-state index in [2.05, 4.69) is 19.2 Å². The summed E-state index contributed by atoms with van der Waals surface area (Å²) in [6.45, 7) is 4.31. The molecule has 2 rings (SSSR count). The highest BCUT2D eigenvalue weighted by atomic mass is 35.5.